The summed E-state index contributed by atoms with van der Waals surface area (Å²) in [5, 5.41) is 2.90. The van der Waals surface area contributed by atoms with E-state index in [2.05, 4.69) is 12.2 Å². The first-order chi connectivity index (χ1) is 12.8. The van der Waals surface area contributed by atoms with Gasteiger partial charge in [-0.1, -0.05) is 56.3 Å². The van der Waals surface area contributed by atoms with Gasteiger partial charge in [-0.2, -0.15) is 0 Å². The molecule has 0 aliphatic rings. The van der Waals surface area contributed by atoms with Gasteiger partial charge < -0.3 is 5.32 Å². The van der Waals surface area contributed by atoms with Crippen LogP contribution in [0.3, 0.4) is 0 Å². The summed E-state index contributed by atoms with van der Waals surface area (Å²) in [5.74, 6) is -0.335. The molecule has 1 unspecified atom stereocenters. The Morgan fingerprint density at radius 1 is 1.04 bits per heavy atom. The molecular weight excluding hydrogens is 360 g/mol. The zero-order valence-electron chi connectivity index (χ0n) is 16.4. The lowest BCUT2D eigenvalue weighted by molar-refractivity contribution is -0.120. The van der Waals surface area contributed by atoms with E-state index in [0.717, 1.165) is 23.8 Å². The molecule has 27 heavy (non-hydrogen) atoms. The van der Waals surface area contributed by atoms with E-state index in [1.807, 2.05) is 50.2 Å². The number of hydrogen-bond acceptors (Lipinski definition) is 3. The van der Waals surface area contributed by atoms with Crippen LogP contribution < -0.4 is 9.62 Å². The fraction of sp³-hybridized carbons (Fsp3) is 0.381. The van der Waals surface area contributed by atoms with Crippen molar-refractivity contribution in [3.8, 4) is 0 Å². The topological polar surface area (TPSA) is 66.5 Å². The van der Waals surface area contributed by atoms with E-state index in [9.17, 15) is 13.2 Å². The number of aryl methyl sites for hydroxylation is 2. The number of sulfonamides is 1. The summed E-state index contributed by atoms with van der Waals surface area (Å²) in [4.78, 5) is 12.6. The largest absolute Gasteiger partial charge is 0.348 e. The lowest BCUT2D eigenvalue weighted by Crippen LogP contribution is -2.41. The van der Waals surface area contributed by atoms with Crippen molar-refractivity contribution < 1.29 is 13.2 Å². The summed E-state index contributed by atoms with van der Waals surface area (Å²) >= 11 is 0. The monoisotopic (exact) mass is 388 g/mol. The van der Waals surface area contributed by atoms with Gasteiger partial charge in [0, 0.05) is 0 Å². The van der Waals surface area contributed by atoms with Crippen molar-refractivity contribution in [3.63, 3.8) is 0 Å². The smallest absolute Gasteiger partial charge is 0.241 e. The maximum atomic E-state index is 12.6. The van der Waals surface area contributed by atoms with Gasteiger partial charge in [-0.3, -0.25) is 9.10 Å². The highest BCUT2D eigenvalue weighted by molar-refractivity contribution is 7.92. The van der Waals surface area contributed by atoms with Gasteiger partial charge in [-0.25, -0.2) is 8.42 Å². The highest BCUT2D eigenvalue weighted by atomic mass is 32.2. The quantitative estimate of drug-likeness (QED) is 0.753. The number of carbonyl (C=O) groups excluding carboxylic acids is 1. The van der Waals surface area contributed by atoms with Crippen molar-refractivity contribution in [2.45, 2.75) is 39.7 Å². The average Bonchev–Trinajstić information content (AvgIpc) is 2.65. The van der Waals surface area contributed by atoms with Crippen molar-refractivity contribution in [1.82, 2.24) is 5.32 Å². The minimum Gasteiger partial charge on any atom is -0.348 e. The molecule has 0 fully saturated rings. The van der Waals surface area contributed by atoms with E-state index in [4.69, 9.17) is 0 Å². The standard InChI is InChI=1S/C21H28N2O3S/c1-5-17-11-13-19(14-12-17)16(3)22-21(24)15-23(27(4,25)26)20-10-8-7-9-18(20)6-2/h7-14,16H,5-6,15H2,1-4H3,(H,22,24). The predicted octanol–water partition coefficient (Wildman–Crippen LogP) is 3.45. The first kappa shape index (κ1) is 21.0. The molecule has 0 aromatic heterocycles. The molecule has 0 heterocycles. The Labute approximate surface area is 162 Å². The Hall–Kier alpha value is -2.34. The zero-order chi connectivity index (χ0) is 20.0. The molecule has 2 aromatic rings. The normalized spacial score (nSPS) is 12.4. The molecule has 1 amide bonds. The summed E-state index contributed by atoms with van der Waals surface area (Å²) in [6, 6.07) is 15.1. The first-order valence-electron chi connectivity index (χ1n) is 9.20. The number of benzene rings is 2. The first-order valence-corrected chi connectivity index (χ1v) is 11.0. The lowest BCUT2D eigenvalue weighted by Gasteiger charge is -2.25. The summed E-state index contributed by atoms with van der Waals surface area (Å²) in [6.07, 6.45) is 2.77. The minimum atomic E-state index is -3.58. The third-order valence-electron chi connectivity index (χ3n) is 4.59. The van der Waals surface area contributed by atoms with Crippen LogP contribution in [0, 0.1) is 0 Å². The Morgan fingerprint density at radius 3 is 2.22 bits per heavy atom. The van der Waals surface area contributed by atoms with Crippen molar-refractivity contribution in [2.24, 2.45) is 0 Å². The number of anilines is 1. The average molecular weight is 389 g/mol. The van der Waals surface area contributed by atoms with E-state index >= 15 is 0 Å². The fourth-order valence-corrected chi connectivity index (χ4v) is 3.86. The van der Waals surface area contributed by atoms with Crippen LogP contribution in [-0.4, -0.2) is 27.1 Å². The number of carbonyl (C=O) groups is 1. The Bertz CT molecular complexity index is 877. The maximum Gasteiger partial charge on any atom is 0.241 e. The Balaban J connectivity index is 2.16. The van der Waals surface area contributed by atoms with Gasteiger partial charge in [0.2, 0.25) is 15.9 Å². The van der Waals surface area contributed by atoms with Gasteiger partial charge in [0.25, 0.3) is 0 Å². The van der Waals surface area contributed by atoms with Crippen LogP contribution in [0.25, 0.3) is 0 Å². The van der Waals surface area contributed by atoms with Gasteiger partial charge in [0.15, 0.2) is 0 Å². The molecule has 1 atom stereocenters. The molecular formula is C21H28N2O3S. The predicted molar refractivity (Wildman–Crippen MR) is 110 cm³/mol. The Morgan fingerprint density at radius 2 is 1.67 bits per heavy atom. The summed E-state index contributed by atoms with van der Waals surface area (Å²) in [7, 11) is -3.58. The van der Waals surface area contributed by atoms with E-state index < -0.39 is 10.0 Å². The Kier molecular flexibility index (Phi) is 7.02. The van der Waals surface area contributed by atoms with E-state index in [1.165, 1.54) is 9.87 Å². The number of para-hydroxylation sites is 1. The van der Waals surface area contributed by atoms with Gasteiger partial charge >= 0.3 is 0 Å². The third kappa shape index (κ3) is 5.57. The summed E-state index contributed by atoms with van der Waals surface area (Å²) < 4.78 is 25.8. The number of nitrogens with one attached hydrogen (secondary N) is 1. The van der Waals surface area contributed by atoms with Crippen molar-refractivity contribution in [3.05, 3.63) is 65.2 Å². The molecule has 0 aliphatic heterocycles. The van der Waals surface area contributed by atoms with Crippen LogP contribution in [0.4, 0.5) is 5.69 Å². The van der Waals surface area contributed by atoms with Crippen molar-refractivity contribution in [2.75, 3.05) is 17.1 Å². The van der Waals surface area contributed by atoms with E-state index in [-0.39, 0.29) is 18.5 Å². The van der Waals surface area contributed by atoms with Gasteiger partial charge in [0.05, 0.1) is 18.0 Å². The molecule has 0 spiro atoms. The van der Waals surface area contributed by atoms with Gasteiger partial charge in [-0.15, -0.1) is 0 Å². The van der Waals surface area contributed by atoms with Crippen LogP contribution >= 0.6 is 0 Å². The van der Waals surface area contributed by atoms with Crippen LogP contribution in [0.5, 0.6) is 0 Å². The molecule has 146 valence electrons. The molecule has 2 rings (SSSR count). The maximum absolute atomic E-state index is 12.6. The molecule has 2 aromatic carbocycles. The van der Waals surface area contributed by atoms with Crippen LogP contribution in [0.1, 0.15) is 43.5 Å². The minimum absolute atomic E-state index is 0.203. The number of hydrogen-bond donors (Lipinski definition) is 1. The fourth-order valence-electron chi connectivity index (χ4n) is 2.98. The van der Waals surface area contributed by atoms with Crippen LogP contribution in [0.2, 0.25) is 0 Å². The second kappa shape index (κ2) is 9.04. The number of amides is 1. The highest BCUT2D eigenvalue weighted by Crippen LogP contribution is 2.23. The summed E-state index contributed by atoms with van der Waals surface area (Å²) in [6.45, 7) is 5.70. The molecule has 0 saturated heterocycles. The molecule has 1 N–H and O–H groups in total. The zero-order valence-corrected chi connectivity index (χ0v) is 17.2. The van der Waals surface area contributed by atoms with Crippen molar-refractivity contribution >= 4 is 21.6 Å². The summed E-state index contributed by atoms with van der Waals surface area (Å²) in [5.41, 5.74) is 3.66. The van der Waals surface area contributed by atoms with Crippen LogP contribution in [-0.2, 0) is 27.7 Å². The van der Waals surface area contributed by atoms with Crippen molar-refractivity contribution in [1.29, 1.82) is 0 Å². The van der Waals surface area contributed by atoms with Gasteiger partial charge in [0.1, 0.15) is 6.54 Å². The molecule has 0 bridgehead atoms. The SMILES string of the molecule is CCc1ccc(C(C)NC(=O)CN(c2ccccc2CC)S(C)(=O)=O)cc1. The second-order valence-electron chi connectivity index (χ2n) is 6.64. The highest BCUT2D eigenvalue weighted by Gasteiger charge is 2.23. The van der Waals surface area contributed by atoms with Crippen LogP contribution in [0.15, 0.2) is 48.5 Å². The number of nitrogens with zero attached hydrogens (tertiary/aromatic N) is 1. The van der Waals surface area contributed by atoms with Gasteiger partial charge in [-0.05, 0) is 42.5 Å². The second-order valence-corrected chi connectivity index (χ2v) is 8.54. The molecule has 0 radical (unpaired) electrons. The molecule has 0 aliphatic carbocycles. The lowest BCUT2D eigenvalue weighted by atomic mass is 10.1. The molecule has 5 nitrogen and oxygen atoms in total. The third-order valence-corrected chi connectivity index (χ3v) is 5.72. The number of rotatable bonds is 8. The van der Waals surface area contributed by atoms with E-state index in [0.29, 0.717) is 12.1 Å². The van der Waals surface area contributed by atoms with E-state index in [1.54, 1.807) is 12.1 Å². The molecule has 6 heteroatoms. The molecule has 0 saturated carbocycles.